The molecule has 0 saturated carbocycles. The first-order valence-electron chi connectivity index (χ1n) is 9.74. The number of rotatable bonds is 8. The van der Waals surface area contributed by atoms with E-state index < -0.39 is 10.1 Å². The molecule has 31 heavy (non-hydrogen) atoms. The lowest BCUT2D eigenvalue weighted by Crippen LogP contribution is -2.11. The molecule has 4 aromatic rings. The molecule has 0 aliphatic rings. The van der Waals surface area contributed by atoms with Gasteiger partial charge in [-0.25, -0.2) is 0 Å². The van der Waals surface area contributed by atoms with Crippen molar-refractivity contribution < 1.29 is 17.3 Å². The third kappa shape index (κ3) is 5.43. The number of hydrogen-bond donors (Lipinski definition) is 1. The average Bonchev–Trinajstić information content (AvgIpc) is 2.80. The Morgan fingerprint density at radius 3 is 1.94 bits per heavy atom. The minimum Gasteiger partial charge on any atom is -0.457 e. The number of ether oxygens (including phenoxy) is 1. The van der Waals surface area contributed by atoms with E-state index >= 15 is 0 Å². The smallest absolute Gasteiger partial charge is 0.339 e. The second-order valence-corrected chi connectivity index (χ2v) is 8.30. The average molecular weight is 432 g/mol. The Morgan fingerprint density at radius 1 is 0.645 bits per heavy atom. The van der Waals surface area contributed by atoms with E-state index in [9.17, 15) is 8.42 Å². The molecule has 0 amide bonds. The quantitative estimate of drug-likeness (QED) is 0.354. The third-order valence-electron chi connectivity index (χ3n) is 4.52. The van der Waals surface area contributed by atoms with Gasteiger partial charge in [-0.05, 0) is 54.6 Å². The van der Waals surface area contributed by atoms with Crippen molar-refractivity contribution >= 4 is 15.8 Å². The fourth-order valence-electron chi connectivity index (χ4n) is 2.95. The predicted molar refractivity (Wildman–Crippen MR) is 121 cm³/mol. The summed E-state index contributed by atoms with van der Waals surface area (Å²) in [4.78, 5) is 0.117. The van der Waals surface area contributed by atoms with Crippen molar-refractivity contribution in [1.82, 2.24) is 0 Å². The van der Waals surface area contributed by atoms with Crippen LogP contribution < -0.4 is 14.2 Å². The van der Waals surface area contributed by atoms with Crippen molar-refractivity contribution in [3.8, 4) is 17.2 Å². The number of hydrogen-bond acceptors (Lipinski definition) is 5. The molecular formula is C25H21NO4S. The Balaban J connectivity index is 1.42. The van der Waals surface area contributed by atoms with E-state index in [2.05, 4.69) is 5.32 Å². The fraction of sp³-hybridized carbons (Fsp3) is 0.0400. The van der Waals surface area contributed by atoms with E-state index in [0.717, 1.165) is 22.7 Å². The van der Waals surface area contributed by atoms with Gasteiger partial charge in [0.15, 0.2) is 0 Å². The van der Waals surface area contributed by atoms with Gasteiger partial charge in [-0.2, -0.15) is 8.42 Å². The monoisotopic (exact) mass is 431 g/mol. The molecule has 6 heteroatoms. The highest BCUT2D eigenvalue weighted by Crippen LogP contribution is 2.26. The first-order valence-corrected chi connectivity index (χ1v) is 11.2. The van der Waals surface area contributed by atoms with Gasteiger partial charge in [0, 0.05) is 17.8 Å². The third-order valence-corrected chi connectivity index (χ3v) is 5.77. The summed E-state index contributed by atoms with van der Waals surface area (Å²) in [5, 5.41) is 3.29. The van der Waals surface area contributed by atoms with Crippen LogP contribution in [0.3, 0.4) is 0 Å². The summed E-state index contributed by atoms with van der Waals surface area (Å²) in [7, 11) is -3.90. The zero-order valence-corrected chi connectivity index (χ0v) is 17.5. The van der Waals surface area contributed by atoms with Gasteiger partial charge in [-0.1, -0.05) is 54.6 Å². The van der Waals surface area contributed by atoms with Crippen molar-refractivity contribution in [2.45, 2.75) is 11.4 Å². The van der Waals surface area contributed by atoms with Crippen molar-refractivity contribution in [3.63, 3.8) is 0 Å². The van der Waals surface area contributed by atoms with E-state index in [1.807, 2.05) is 66.7 Å². The molecule has 0 spiro atoms. The molecule has 0 atom stereocenters. The van der Waals surface area contributed by atoms with Crippen LogP contribution in [0, 0.1) is 0 Å². The molecule has 0 fully saturated rings. The molecule has 0 unspecified atom stereocenters. The highest BCUT2D eigenvalue weighted by Gasteiger charge is 2.17. The van der Waals surface area contributed by atoms with Crippen molar-refractivity contribution in [3.05, 3.63) is 115 Å². The van der Waals surface area contributed by atoms with Crippen molar-refractivity contribution in [1.29, 1.82) is 0 Å². The van der Waals surface area contributed by atoms with Crippen LogP contribution in [0.4, 0.5) is 5.69 Å². The topological polar surface area (TPSA) is 64.6 Å². The van der Waals surface area contributed by atoms with E-state index in [4.69, 9.17) is 8.92 Å². The largest absolute Gasteiger partial charge is 0.457 e. The van der Waals surface area contributed by atoms with Crippen LogP contribution in [0.2, 0.25) is 0 Å². The molecule has 4 rings (SSSR count). The van der Waals surface area contributed by atoms with Crippen LogP contribution in [0.25, 0.3) is 0 Å². The summed E-state index contributed by atoms with van der Waals surface area (Å²) >= 11 is 0. The van der Waals surface area contributed by atoms with E-state index in [0.29, 0.717) is 12.3 Å². The van der Waals surface area contributed by atoms with Crippen LogP contribution in [-0.2, 0) is 16.7 Å². The normalized spacial score (nSPS) is 11.0. The Morgan fingerprint density at radius 2 is 1.23 bits per heavy atom. The van der Waals surface area contributed by atoms with Crippen LogP contribution >= 0.6 is 0 Å². The molecular weight excluding hydrogens is 410 g/mol. The summed E-state index contributed by atoms with van der Waals surface area (Å²) < 4.78 is 36.3. The molecule has 0 aliphatic heterocycles. The van der Waals surface area contributed by atoms with Gasteiger partial charge in [-0.15, -0.1) is 0 Å². The van der Waals surface area contributed by atoms with Gasteiger partial charge in [0.1, 0.15) is 22.1 Å². The van der Waals surface area contributed by atoms with Crippen LogP contribution in [-0.4, -0.2) is 8.42 Å². The molecule has 0 heterocycles. The summed E-state index contributed by atoms with van der Waals surface area (Å²) in [6, 6.07) is 32.3. The first kappa shape index (κ1) is 20.5. The van der Waals surface area contributed by atoms with Crippen molar-refractivity contribution in [2.75, 3.05) is 5.32 Å². The fourth-order valence-corrected chi connectivity index (χ4v) is 3.93. The molecule has 0 aromatic heterocycles. The second kappa shape index (κ2) is 9.36. The molecule has 4 aromatic carbocycles. The molecule has 5 nitrogen and oxygen atoms in total. The molecule has 0 bridgehead atoms. The Labute approximate surface area is 182 Å². The zero-order chi connectivity index (χ0) is 21.5. The van der Waals surface area contributed by atoms with Gasteiger partial charge >= 0.3 is 10.1 Å². The van der Waals surface area contributed by atoms with Gasteiger partial charge in [-0.3, -0.25) is 0 Å². The minimum atomic E-state index is -3.90. The Kier molecular flexibility index (Phi) is 6.19. The molecule has 1 N–H and O–H groups in total. The molecule has 0 radical (unpaired) electrons. The highest BCUT2D eigenvalue weighted by atomic mass is 32.2. The van der Waals surface area contributed by atoms with E-state index in [-0.39, 0.29) is 4.90 Å². The predicted octanol–water partition coefficient (Wildman–Crippen LogP) is 5.86. The standard InChI is InChI=1S/C25H21NO4S/c27-31(28,24-12-5-2-6-13-24)30-25-14-8-7-9-20(25)19-26-21-15-17-23(18-16-21)29-22-10-3-1-4-11-22/h1-18,26H,19H2. The number of para-hydroxylation sites is 2. The van der Waals surface area contributed by atoms with E-state index in [1.54, 1.807) is 30.3 Å². The molecule has 0 saturated heterocycles. The van der Waals surface area contributed by atoms with Crippen LogP contribution in [0.15, 0.2) is 114 Å². The maximum Gasteiger partial charge on any atom is 0.339 e. The van der Waals surface area contributed by atoms with Gasteiger partial charge < -0.3 is 14.2 Å². The Bertz CT molecular complexity index is 1230. The van der Waals surface area contributed by atoms with Crippen LogP contribution in [0.5, 0.6) is 17.2 Å². The summed E-state index contributed by atoms with van der Waals surface area (Å²) in [6.07, 6.45) is 0. The Hall–Kier alpha value is -3.77. The molecule has 0 aliphatic carbocycles. The minimum absolute atomic E-state index is 0.117. The zero-order valence-electron chi connectivity index (χ0n) is 16.6. The SMILES string of the molecule is O=S(=O)(Oc1ccccc1CNc1ccc(Oc2ccccc2)cc1)c1ccccc1. The lowest BCUT2D eigenvalue weighted by atomic mass is 10.2. The van der Waals surface area contributed by atoms with Gasteiger partial charge in [0.2, 0.25) is 0 Å². The highest BCUT2D eigenvalue weighted by molar-refractivity contribution is 7.87. The van der Waals surface area contributed by atoms with Gasteiger partial charge in [0.05, 0.1) is 0 Å². The lowest BCUT2D eigenvalue weighted by Gasteiger charge is -2.13. The maximum absolute atomic E-state index is 12.6. The maximum atomic E-state index is 12.6. The first-order chi connectivity index (χ1) is 15.1. The second-order valence-electron chi connectivity index (χ2n) is 6.75. The number of nitrogens with one attached hydrogen (secondary N) is 1. The van der Waals surface area contributed by atoms with Crippen molar-refractivity contribution in [2.24, 2.45) is 0 Å². The summed E-state index contributed by atoms with van der Waals surface area (Å²) in [6.45, 7) is 0.402. The number of anilines is 1. The van der Waals surface area contributed by atoms with E-state index in [1.165, 1.54) is 12.1 Å². The lowest BCUT2D eigenvalue weighted by molar-refractivity contribution is 0.482. The number of benzene rings is 4. The molecule has 156 valence electrons. The van der Waals surface area contributed by atoms with Crippen LogP contribution in [0.1, 0.15) is 5.56 Å². The summed E-state index contributed by atoms with van der Waals surface area (Å²) in [5.41, 5.74) is 1.60. The van der Waals surface area contributed by atoms with Gasteiger partial charge in [0.25, 0.3) is 0 Å². The summed E-state index contributed by atoms with van der Waals surface area (Å²) in [5.74, 6) is 1.80.